The maximum atomic E-state index is 6.09. The summed E-state index contributed by atoms with van der Waals surface area (Å²) in [7, 11) is 0. The Labute approximate surface area is 99.6 Å². The molecule has 1 aliphatic heterocycles. The lowest BCUT2D eigenvalue weighted by atomic mass is 10.2. The van der Waals surface area contributed by atoms with Crippen LogP contribution in [0.1, 0.15) is 6.42 Å². The lowest BCUT2D eigenvalue weighted by Crippen LogP contribution is -2.10. The fraction of sp³-hybridized carbons (Fsp3) is 0.455. The fourth-order valence-electron chi connectivity index (χ4n) is 1.69. The molecular weight excluding hydrogens is 228 g/mol. The van der Waals surface area contributed by atoms with E-state index in [1.54, 1.807) is 11.8 Å². The average Bonchev–Trinajstić information content (AvgIpc) is 2.72. The van der Waals surface area contributed by atoms with Gasteiger partial charge in [0.2, 0.25) is 0 Å². The van der Waals surface area contributed by atoms with Gasteiger partial charge in [0.05, 0.1) is 5.02 Å². The van der Waals surface area contributed by atoms with Gasteiger partial charge < -0.3 is 11.1 Å². The fourth-order valence-corrected chi connectivity index (χ4v) is 3.10. The van der Waals surface area contributed by atoms with E-state index in [-0.39, 0.29) is 0 Å². The lowest BCUT2D eigenvalue weighted by molar-refractivity contribution is 0.663. The summed E-state index contributed by atoms with van der Waals surface area (Å²) in [5, 5.41) is 4.17. The van der Waals surface area contributed by atoms with Crippen LogP contribution in [0.5, 0.6) is 0 Å². The predicted molar refractivity (Wildman–Crippen MR) is 67.6 cm³/mol. The van der Waals surface area contributed by atoms with Gasteiger partial charge in [-0.3, -0.25) is 0 Å². The Bertz CT molecular complexity index is 337. The molecule has 1 aromatic carbocycles. The molecular formula is C11H15ClN2S. The number of halogens is 1. The van der Waals surface area contributed by atoms with Gasteiger partial charge in [0.25, 0.3) is 0 Å². The Morgan fingerprint density at radius 2 is 2.40 bits per heavy atom. The number of anilines is 1. The first-order chi connectivity index (χ1) is 7.25. The molecule has 1 unspecified atom stereocenters. The summed E-state index contributed by atoms with van der Waals surface area (Å²) in [4.78, 5) is 1.10. The SMILES string of the molecule is Nc1ccc(Cl)c(SCC2CCNC2)c1. The van der Waals surface area contributed by atoms with E-state index in [4.69, 9.17) is 17.3 Å². The van der Waals surface area contributed by atoms with Crippen LogP contribution in [0.15, 0.2) is 23.1 Å². The summed E-state index contributed by atoms with van der Waals surface area (Å²) < 4.78 is 0. The highest BCUT2D eigenvalue weighted by molar-refractivity contribution is 7.99. The average molecular weight is 243 g/mol. The van der Waals surface area contributed by atoms with Crippen LogP contribution in [-0.2, 0) is 0 Å². The first-order valence-corrected chi connectivity index (χ1v) is 6.50. The second-order valence-electron chi connectivity index (χ2n) is 3.86. The molecule has 1 atom stereocenters. The van der Waals surface area contributed by atoms with Crippen molar-refractivity contribution >= 4 is 29.1 Å². The minimum absolute atomic E-state index is 0.771. The second kappa shape index (κ2) is 5.10. The van der Waals surface area contributed by atoms with Gasteiger partial charge in [-0.05, 0) is 43.6 Å². The quantitative estimate of drug-likeness (QED) is 0.632. The smallest absolute Gasteiger partial charge is 0.0543 e. The van der Waals surface area contributed by atoms with Crippen molar-refractivity contribution in [2.24, 2.45) is 5.92 Å². The number of benzene rings is 1. The lowest BCUT2D eigenvalue weighted by Gasteiger charge is -2.09. The van der Waals surface area contributed by atoms with Gasteiger partial charge in [0.15, 0.2) is 0 Å². The van der Waals surface area contributed by atoms with Crippen molar-refractivity contribution in [2.45, 2.75) is 11.3 Å². The Hall–Kier alpha value is -0.380. The monoisotopic (exact) mass is 242 g/mol. The third kappa shape index (κ3) is 3.03. The van der Waals surface area contributed by atoms with E-state index < -0.39 is 0 Å². The van der Waals surface area contributed by atoms with E-state index in [0.29, 0.717) is 0 Å². The van der Waals surface area contributed by atoms with E-state index in [1.165, 1.54) is 6.42 Å². The van der Waals surface area contributed by atoms with Gasteiger partial charge in [0, 0.05) is 16.3 Å². The van der Waals surface area contributed by atoms with Crippen LogP contribution in [0.25, 0.3) is 0 Å². The first kappa shape index (κ1) is 11.1. The Morgan fingerprint density at radius 3 is 3.13 bits per heavy atom. The molecule has 1 aliphatic rings. The van der Waals surface area contributed by atoms with Crippen molar-refractivity contribution in [3.05, 3.63) is 23.2 Å². The standard InChI is InChI=1S/C11H15ClN2S/c12-10-2-1-9(13)5-11(10)15-7-8-3-4-14-6-8/h1-2,5,8,14H,3-4,6-7,13H2. The minimum atomic E-state index is 0.771. The minimum Gasteiger partial charge on any atom is -0.399 e. The number of nitrogens with two attached hydrogens (primary N) is 1. The van der Waals surface area contributed by atoms with Gasteiger partial charge in [-0.15, -0.1) is 11.8 Å². The van der Waals surface area contributed by atoms with Crippen LogP contribution in [0.2, 0.25) is 5.02 Å². The van der Waals surface area contributed by atoms with Gasteiger partial charge >= 0.3 is 0 Å². The third-order valence-electron chi connectivity index (χ3n) is 2.59. The molecule has 0 spiro atoms. The molecule has 2 rings (SSSR count). The summed E-state index contributed by atoms with van der Waals surface area (Å²) in [6.07, 6.45) is 1.27. The molecule has 0 bridgehead atoms. The molecule has 1 aromatic rings. The van der Waals surface area contributed by atoms with Gasteiger partial charge in [-0.25, -0.2) is 0 Å². The van der Waals surface area contributed by atoms with E-state index in [1.807, 2.05) is 18.2 Å². The summed E-state index contributed by atoms with van der Waals surface area (Å²) in [5.41, 5.74) is 6.51. The number of hydrogen-bond donors (Lipinski definition) is 2. The van der Waals surface area contributed by atoms with Crippen LogP contribution in [-0.4, -0.2) is 18.8 Å². The molecule has 0 saturated carbocycles. The van der Waals surface area contributed by atoms with Crippen molar-refractivity contribution in [3.8, 4) is 0 Å². The molecule has 0 amide bonds. The molecule has 15 heavy (non-hydrogen) atoms. The van der Waals surface area contributed by atoms with E-state index >= 15 is 0 Å². The van der Waals surface area contributed by atoms with Crippen LogP contribution in [0, 0.1) is 5.92 Å². The normalized spacial score (nSPS) is 20.7. The van der Waals surface area contributed by atoms with Crippen LogP contribution in [0.4, 0.5) is 5.69 Å². The predicted octanol–water partition coefficient (Wildman–Crippen LogP) is 2.62. The Kier molecular flexibility index (Phi) is 3.78. The highest BCUT2D eigenvalue weighted by Gasteiger charge is 2.15. The van der Waals surface area contributed by atoms with Crippen LogP contribution < -0.4 is 11.1 Å². The maximum absolute atomic E-state index is 6.09. The van der Waals surface area contributed by atoms with Crippen molar-refractivity contribution in [3.63, 3.8) is 0 Å². The van der Waals surface area contributed by atoms with E-state index in [9.17, 15) is 0 Å². The molecule has 2 nitrogen and oxygen atoms in total. The molecule has 4 heteroatoms. The zero-order valence-corrected chi connectivity index (χ0v) is 10.1. The zero-order valence-electron chi connectivity index (χ0n) is 8.50. The topological polar surface area (TPSA) is 38.0 Å². The molecule has 0 aliphatic carbocycles. The number of nitrogen functional groups attached to an aromatic ring is 1. The van der Waals surface area contributed by atoms with Crippen molar-refractivity contribution < 1.29 is 0 Å². The van der Waals surface area contributed by atoms with Crippen molar-refractivity contribution in [2.75, 3.05) is 24.6 Å². The second-order valence-corrected chi connectivity index (χ2v) is 5.33. The molecule has 1 heterocycles. The van der Waals surface area contributed by atoms with Crippen LogP contribution >= 0.6 is 23.4 Å². The molecule has 0 radical (unpaired) electrons. The Balaban J connectivity index is 1.94. The van der Waals surface area contributed by atoms with Gasteiger partial charge in [-0.2, -0.15) is 0 Å². The molecule has 82 valence electrons. The van der Waals surface area contributed by atoms with E-state index in [2.05, 4.69) is 5.32 Å². The summed E-state index contributed by atoms with van der Waals surface area (Å²) in [6.45, 7) is 2.28. The highest BCUT2D eigenvalue weighted by atomic mass is 35.5. The summed E-state index contributed by atoms with van der Waals surface area (Å²) in [5.74, 6) is 1.89. The third-order valence-corrected chi connectivity index (χ3v) is 4.32. The molecule has 1 saturated heterocycles. The first-order valence-electron chi connectivity index (χ1n) is 5.14. The molecule has 1 fully saturated rings. The largest absolute Gasteiger partial charge is 0.399 e. The highest BCUT2D eigenvalue weighted by Crippen LogP contribution is 2.31. The summed E-state index contributed by atoms with van der Waals surface area (Å²) >= 11 is 7.90. The maximum Gasteiger partial charge on any atom is 0.0543 e. The number of rotatable bonds is 3. The molecule has 3 N–H and O–H groups in total. The van der Waals surface area contributed by atoms with E-state index in [0.717, 1.165) is 40.4 Å². The summed E-state index contributed by atoms with van der Waals surface area (Å²) in [6, 6.07) is 5.66. The van der Waals surface area contributed by atoms with Crippen LogP contribution in [0.3, 0.4) is 0 Å². The van der Waals surface area contributed by atoms with Gasteiger partial charge in [0.1, 0.15) is 0 Å². The zero-order chi connectivity index (χ0) is 10.7. The number of nitrogens with one attached hydrogen (secondary N) is 1. The van der Waals surface area contributed by atoms with Crippen molar-refractivity contribution in [1.82, 2.24) is 5.32 Å². The number of hydrogen-bond acceptors (Lipinski definition) is 3. The Morgan fingerprint density at radius 1 is 1.53 bits per heavy atom. The van der Waals surface area contributed by atoms with Crippen molar-refractivity contribution in [1.29, 1.82) is 0 Å². The number of thioether (sulfide) groups is 1. The van der Waals surface area contributed by atoms with Gasteiger partial charge in [-0.1, -0.05) is 11.6 Å². The molecule has 0 aromatic heterocycles.